The fourth-order valence-electron chi connectivity index (χ4n) is 3.32. The van der Waals surface area contributed by atoms with Crippen LogP contribution in [0.15, 0.2) is 54.6 Å². The van der Waals surface area contributed by atoms with Gasteiger partial charge in [0.05, 0.1) is 12.7 Å². The minimum Gasteiger partial charge on any atom is -0.497 e. The minimum absolute atomic E-state index is 0. The molecule has 0 saturated carbocycles. The van der Waals surface area contributed by atoms with E-state index in [9.17, 15) is 9.90 Å². The van der Waals surface area contributed by atoms with Crippen LogP contribution in [-0.4, -0.2) is 41.6 Å². The van der Waals surface area contributed by atoms with Crippen molar-refractivity contribution in [2.75, 3.05) is 20.2 Å². The van der Waals surface area contributed by atoms with Gasteiger partial charge in [0.25, 0.3) is 0 Å². The summed E-state index contributed by atoms with van der Waals surface area (Å²) in [6.07, 6.45) is 1.46. The lowest BCUT2D eigenvalue weighted by Gasteiger charge is -2.38. The van der Waals surface area contributed by atoms with Crippen LogP contribution < -0.4 is 4.74 Å². The van der Waals surface area contributed by atoms with Crippen LogP contribution in [0.2, 0.25) is 0 Å². The molecule has 1 aliphatic heterocycles. The molecule has 140 valence electrons. The third kappa shape index (κ3) is 5.31. The Bertz CT molecular complexity index is 695. The number of ketones is 1. The van der Waals surface area contributed by atoms with Gasteiger partial charge in [-0.25, -0.2) is 0 Å². The summed E-state index contributed by atoms with van der Waals surface area (Å²) in [7, 11) is 1.66. The zero-order valence-electron chi connectivity index (χ0n) is 15.1. The molecule has 4 nitrogen and oxygen atoms in total. The molecule has 1 heterocycles. The highest BCUT2D eigenvalue weighted by molar-refractivity contribution is 5.96. The Balaban J connectivity index is 0.00000243. The molecule has 0 unspecified atom stereocenters. The van der Waals surface area contributed by atoms with Crippen LogP contribution in [0.5, 0.6) is 5.75 Å². The van der Waals surface area contributed by atoms with Gasteiger partial charge in [-0.3, -0.25) is 9.69 Å². The Morgan fingerprint density at radius 3 is 2.27 bits per heavy atom. The van der Waals surface area contributed by atoms with Gasteiger partial charge in [-0.1, -0.05) is 42.5 Å². The summed E-state index contributed by atoms with van der Waals surface area (Å²) in [6, 6.07) is 17.3. The number of rotatable bonds is 6. The first kappa shape index (κ1) is 20.4. The highest BCUT2D eigenvalue weighted by Crippen LogP contribution is 2.28. The average molecular weight is 376 g/mol. The molecule has 3 rings (SSSR count). The SMILES string of the molecule is COc1ccc(CN2CCC(O)(CC(=O)c3ccccc3)CC2)cc1.Cl. The van der Waals surface area contributed by atoms with E-state index < -0.39 is 5.60 Å². The van der Waals surface area contributed by atoms with E-state index >= 15 is 0 Å². The molecule has 0 spiro atoms. The third-order valence-electron chi connectivity index (χ3n) is 4.94. The lowest BCUT2D eigenvalue weighted by Crippen LogP contribution is -2.45. The Hall–Kier alpha value is -1.88. The second-order valence-corrected chi connectivity index (χ2v) is 6.81. The molecule has 1 N–H and O–H groups in total. The van der Waals surface area contributed by atoms with Crippen LogP contribution >= 0.6 is 12.4 Å². The van der Waals surface area contributed by atoms with Crippen LogP contribution in [0.3, 0.4) is 0 Å². The van der Waals surface area contributed by atoms with E-state index in [0.29, 0.717) is 18.4 Å². The number of piperidine rings is 1. The maximum Gasteiger partial charge on any atom is 0.165 e. The normalized spacial score (nSPS) is 16.5. The summed E-state index contributed by atoms with van der Waals surface area (Å²) >= 11 is 0. The van der Waals surface area contributed by atoms with E-state index in [0.717, 1.165) is 25.4 Å². The number of hydrogen-bond acceptors (Lipinski definition) is 4. The van der Waals surface area contributed by atoms with Crippen molar-refractivity contribution in [3.05, 3.63) is 65.7 Å². The number of ether oxygens (including phenoxy) is 1. The second-order valence-electron chi connectivity index (χ2n) is 6.81. The highest BCUT2D eigenvalue weighted by Gasteiger charge is 2.34. The van der Waals surface area contributed by atoms with Gasteiger partial charge in [0, 0.05) is 31.6 Å². The summed E-state index contributed by atoms with van der Waals surface area (Å²) in [6.45, 7) is 2.45. The van der Waals surface area contributed by atoms with Crippen molar-refractivity contribution in [2.45, 2.75) is 31.4 Å². The van der Waals surface area contributed by atoms with Crippen molar-refractivity contribution in [1.29, 1.82) is 0 Å². The molecule has 0 radical (unpaired) electrons. The Morgan fingerprint density at radius 1 is 1.08 bits per heavy atom. The number of methoxy groups -OCH3 is 1. The quantitative estimate of drug-likeness (QED) is 0.782. The molecule has 26 heavy (non-hydrogen) atoms. The number of aliphatic hydroxyl groups is 1. The predicted molar refractivity (Wildman–Crippen MR) is 105 cm³/mol. The number of benzene rings is 2. The number of halogens is 1. The van der Waals surface area contributed by atoms with Crippen molar-refractivity contribution >= 4 is 18.2 Å². The van der Waals surface area contributed by atoms with Crippen LogP contribution in [0.25, 0.3) is 0 Å². The van der Waals surface area contributed by atoms with Gasteiger partial charge >= 0.3 is 0 Å². The minimum atomic E-state index is -0.886. The molecule has 0 amide bonds. The number of Topliss-reactive ketones (excluding diaryl/α,β-unsaturated/α-hetero) is 1. The fourth-order valence-corrected chi connectivity index (χ4v) is 3.32. The Morgan fingerprint density at radius 2 is 1.69 bits per heavy atom. The van der Waals surface area contributed by atoms with Crippen molar-refractivity contribution in [1.82, 2.24) is 4.90 Å². The molecule has 2 aromatic carbocycles. The van der Waals surface area contributed by atoms with Crippen LogP contribution in [0.4, 0.5) is 0 Å². The second kappa shape index (κ2) is 9.17. The molecular formula is C21H26ClNO3. The van der Waals surface area contributed by atoms with Crippen molar-refractivity contribution < 1.29 is 14.6 Å². The number of carbonyl (C=O) groups is 1. The van der Waals surface area contributed by atoms with E-state index in [-0.39, 0.29) is 24.6 Å². The summed E-state index contributed by atoms with van der Waals surface area (Å²) in [5, 5.41) is 10.8. The van der Waals surface area contributed by atoms with E-state index in [1.165, 1.54) is 5.56 Å². The first-order valence-electron chi connectivity index (χ1n) is 8.74. The zero-order valence-corrected chi connectivity index (χ0v) is 15.9. The number of likely N-dealkylation sites (tertiary alicyclic amines) is 1. The molecule has 1 fully saturated rings. The summed E-state index contributed by atoms with van der Waals surface area (Å²) < 4.78 is 5.18. The van der Waals surface area contributed by atoms with Gasteiger partial charge in [-0.15, -0.1) is 12.4 Å². The molecule has 5 heteroatoms. The molecule has 2 aromatic rings. The molecule has 0 atom stereocenters. The topological polar surface area (TPSA) is 49.8 Å². The van der Waals surface area contributed by atoms with Gasteiger partial charge in [0.15, 0.2) is 5.78 Å². The van der Waals surface area contributed by atoms with Gasteiger partial charge in [-0.05, 0) is 30.5 Å². The highest BCUT2D eigenvalue weighted by atomic mass is 35.5. The van der Waals surface area contributed by atoms with Gasteiger partial charge < -0.3 is 9.84 Å². The number of nitrogens with zero attached hydrogens (tertiary/aromatic N) is 1. The summed E-state index contributed by atoms with van der Waals surface area (Å²) in [5.41, 5.74) is 1.02. The maximum atomic E-state index is 12.4. The van der Waals surface area contributed by atoms with E-state index in [2.05, 4.69) is 17.0 Å². The largest absolute Gasteiger partial charge is 0.497 e. The van der Waals surface area contributed by atoms with Crippen molar-refractivity contribution in [3.8, 4) is 5.75 Å². The molecule has 0 aliphatic carbocycles. The first-order valence-corrected chi connectivity index (χ1v) is 8.74. The van der Waals surface area contributed by atoms with Crippen LogP contribution in [0.1, 0.15) is 35.2 Å². The first-order chi connectivity index (χ1) is 12.1. The lowest BCUT2D eigenvalue weighted by atomic mass is 9.85. The standard InChI is InChI=1S/C21H25NO3.ClH/c1-25-19-9-7-17(8-10-19)16-22-13-11-21(24,12-14-22)15-20(23)18-5-3-2-4-6-18;/h2-10,24H,11-16H2,1H3;1H. The molecule has 0 bridgehead atoms. The van der Waals surface area contributed by atoms with Gasteiger partial charge in [0.2, 0.25) is 0 Å². The fraction of sp³-hybridized carbons (Fsp3) is 0.381. The monoisotopic (exact) mass is 375 g/mol. The molecule has 1 saturated heterocycles. The number of hydrogen-bond donors (Lipinski definition) is 1. The van der Waals surface area contributed by atoms with E-state index in [1.54, 1.807) is 7.11 Å². The van der Waals surface area contributed by atoms with Crippen LogP contribution in [0, 0.1) is 0 Å². The number of carbonyl (C=O) groups excluding carboxylic acids is 1. The van der Waals surface area contributed by atoms with Crippen LogP contribution in [-0.2, 0) is 6.54 Å². The predicted octanol–water partition coefficient (Wildman–Crippen LogP) is 3.72. The zero-order chi connectivity index (χ0) is 17.7. The average Bonchev–Trinajstić information content (AvgIpc) is 2.65. The maximum absolute atomic E-state index is 12.4. The Kier molecular flexibility index (Phi) is 7.21. The summed E-state index contributed by atoms with van der Waals surface area (Å²) in [4.78, 5) is 14.7. The van der Waals surface area contributed by atoms with E-state index in [1.807, 2.05) is 42.5 Å². The van der Waals surface area contributed by atoms with E-state index in [4.69, 9.17) is 4.74 Å². The van der Waals surface area contributed by atoms with Crippen molar-refractivity contribution in [3.63, 3.8) is 0 Å². The van der Waals surface area contributed by atoms with Gasteiger partial charge in [0.1, 0.15) is 5.75 Å². The summed E-state index contributed by atoms with van der Waals surface area (Å²) in [5.74, 6) is 0.878. The Labute approximate surface area is 161 Å². The van der Waals surface area contributed by atoms with Crippen molar-refractivity contribution in [2.24, 2.45) is 0 Å². The van der Waals surface area contributed by atoms with Gasteiger partial charge in [-0.2, -0.15) is 0 Å². The molecule has 1 aliphatic rings. The lowest BCUT2D eigenvalue weighted by molar-refractivity contribution is -0.0241. The third-order valence-corrected chi connectivity index (χ3v) is 4.94. The molecular weight excluding hydrogens is 350 g/mol. The smallest absolute Gasteiger partial charge is 0.165 e. The molecule has 0 aromatic heterocycles.